The fraction of sp³-hybridized carbons (Fsp3) is 0.182. The number of nitrogens with two attached hydrogens (primary N) is 1. The zero-order valence-corrected chi connectivity index (χ0v) is 11.5. The van der Waals surface area contributed by atoms with Crippen LogP contribution in [0.2, 0.25) is 10.0 Å². The van der Waals surface area contributed by atoms with Crippen molar-refractivity contribution in [1.29, 1.82) is 0 Å². The van der Waals surface area contributed by atoms with Gasteiger partial charge >= 0.3 is 5.97 Å². The fourth-order valence-corrected chi connectivity index (χ4v) is 2.38. The molecule has 0 spiro atoms. The van der Waals surface area contributed by atoms with Gasteiger partial charge in [-0.25, -0.2) is 5.84 Å². The molecule has 0 bridgehead atoms. The summed E-state index contributed by atoms with van der Waals surface area (Å²) >= 11 is 11.9. The van der Waals surface area contributed by atoms with E-state index in [1.165, 1.54) is 12.1 Å². The Labute approximate surface area is 123 Å². The lowest BCUT2D eigenvalue weighted by Crippen LogP contribution is -2.34. The van der Waals surface area contributed by atoms with Crippen LogP contribution in [0.25, 0.3) is 0 Å². The molecule has 1 aliphatic rings. The van der Waals surface area contributed by atoms with Crippen LogP contribution >= 0.6 is 23.2 Å². The molecule has 0 aliphatic carbocycles. The molecule has 1 amide bonds. The summed E-state index contributed by atoms with van der Waals surface area (Å²) in [6, 6.07) is 2.91. The van der Waals surface area contributed by atoms with Crippen LogP contribution in [-0.4, -0.2) is 24.2 Å². The fourth-order valence-electron chi connectivity index (χ4n) is 1.89. The molecule has 0 fully saturated rings. The van der Waals surface area contributed by atoms with E-state index >= 15 is 0 Å². The summed E-state index contributed by atoms with van der Waals surface area (Å²) in [7, 11) is 0. The third-order valence-corrected chi connectivity index (χ3v) is 3.35. The van der Waals surface area contributed by atoms with Crippen LogP contribution in [0, 0.1) is 0 Å². The Balaban J connectivity index is 2.29. The zero-order valence-electron chi connectivity index (χ0n) is 9.98. The van der Waals surface area contributed by atoms with Crippen LogP contribution in [0.5, 0.6) is 0 Å². The average molecular weight is 318 g/mol. The number of amides is 1. The summed E-state index contributed by atoms with van der Waals surface area (Å²) in [6.45, 7) is -0.0713. The minimum atomic E-state index is -0.788. The van der Waals surface area contributed by atoms with E-state index in [2.05, 4.69) is 4.84 Å². The molecule has 0 unspecified atom stereocenters. The monoisotopic (exact) mass is 317 g/mol. The van der Waals surface area contributed by atoms with Gasteiger partial charge in [0, 0.05) is 6.54 Å². The number of carbonyl (C=O) groups is 3. The standard InChI is InChI=1S/C11H9Cl2N3O4/c12-5-1-2-6(13)9-8(5)10(18)11(19)16(9)4-3-7(17)20-15-14/h1-2,15H,3-4,14H2. The van der Waals surface area contributed by atoms with Crippen molar-refractivity contribution >= 4 is 46.5 Å². The van der Waals surface area contributed by atoms with E-state index in [0.717, 1.165) is 4.90 Å². The topological polar surface area (TPSA) is 102 Å². The Hall–Kier alpha value is -1.67. The van der Waals surface area contributed by atoms with Gasteiger partial charge in [0.25, 0.3) is 11.7 Å². The number of anilines is 1. The van der Waals surface area contributed by atoms with Gasteiger partial charge in [0.15, 0.2) is 0 Å². The molecule has 20 heavy (non-hydrogen) atoms. The van der Waals surface area contributed by atoms with E-state index in [1.807, 2.05) is 0 Å². The van der Waals surface area contributed by atoms with Gasteiger partial charge in [-0.1, -0.05) is 28.8 Å². The smallest absolute Gasteiger partial charge is 0.328 e. The molecular weight excluding hydrogens is 309 g/mol. The summed E-state index contributed by atoms with van der Waals surface area (Å²) < 4.78 is 0. The lowest BCUT2D eigenvalue weighted by atomic mass is 10.1. The maximum Gasteiger partial charge on any atom is 0.328 e. The van der Waals surface area contributed by atoms with Gasteiger partial charge in [0.05, 0.1) is 27.7 Å². The summed E-state index contributed by atoms with van der Waals surface area (Å²) in [5.74, 6) is 2.60. The number of halogens is 2. The molecule has 2 rings (SSSR count). The first-order valence-corrected chi connectivity index (χ1v) is 6.22. The van der Waals surface area contributed by atoms with Gasteiger partial charge in [0.1, 0.15) is 0 Å². The molecule has 1 heterocycles. The second kappa shape index (κ2) is 5.76. The minimum absolute atomic E-state index is 0.0504. The number of hydrogen-bond acceptors (Lipinski definition) is 6. The number of rotatable bonds is 4. The molecule has 1 aliphatic heterocycles. The Morgan fingerprint density at radius 2 is 1.95 bits per heavy atom. The van der Waals surface area contributed by atoms with E-state index < -0.39 is 17.7 Å². The van der Waals surface area contributed by atoms with Crippen LogP contribution in [0.3, 0.4) is 0 Å². The highest BCUT2D eigenvalue weighted by Gasteiger charge is 2.39. The molecule has 3 N–H and O–H groups in total. The molecule has 106 valence electrons. The second-order valence-electron chi connectivity index (χ2n) is 3.88. The van der Waals surface area contributed by atoms with E-state index in [-0.39, 0.29) is 34.3 Å². The maximum atomic E-state index is 11.9. The maximum absolute atomic E-state index is 11.9. The molecule has 0 saturated carbocycles. The highest BCUT2D eigenvalue weighted by Crippen LogP contribution is 2.39. The molecule has 0 aromatic heterocycles. The first-order chi connectivity index (χ1) is 9.47. The lowest BCUT2D eigenvalue weighted by Gasteiger charge is -2.17. The Bertz CT molecular complexity index is 606. The summed E-state index contributed by atoms with van der Waals surface area (Å²) in [6.07, 6.45) is -0.161. The molecular formula is C11H9Cl2N3O4. The minimum Gasteiger partial charge on any atom is -0.356 e. The van der Waals surface area contributed by atoms with Crippen LogP contribution in [-0.2, 0) is 14.4 Å². The number of nitrogens with zero attached hydrogens (tertiary/aromatic N) is 1. The van der Waals surface area contributed by atoms with E-state index in [4.69, 9.17) is 29.0 Å². The normalized spacial score (nSPS) is 13.7. The van der Waals surface area contributed by atoms with Crippen molar-refractivity contribution in [2.45, 2.75) is 6.42 Å². The van der Waals surface area contributed by atoms with Crippen molar-refractivity contribution in [3.05, 3.63) is 27.7 Å². The average Bonchev–Trinajstić information content (AvgIpc) is 2.66. The van der Waals surface area contributed by atoms with Gasteiger partial charge in [-0.05, 0) is 12.1 Å². The first-order valence-electron chi connectivity index (χ1n) is 5.46. The number of fused-ring (bicyclic) bond motifs is 1. The number of carbonyl (C=O) groups excluding carboxylic acids is 3. The van der Waals surface area contributed by atoms with Gasteiger partial charge < -0.3 is 9.74 Å². The molecule has 1 aromatic rings. The van der Waals surface area contributed by atoms with E-state index in [9.17, 15) is 14.4 Å². The highest BCUT2D eigenvalue weighted by atomic mass is 35.5. The zero-order chi connectivity index (χ0) is 14.9. The largest absolute Gasteiger partial charge is 0.356 e. The van der Waals surface area contributed by atoms with Crippen LogP contribution in [0.4, 0.5) is 5.69 Å². The van der Waals surface area contributed by atoms with Crippen LogP contribution in [0.1, 0.15) is 16.8 Å². The van der Waals surface area contributed by atoms with Gasteiger partial charge in [-0.3, -0.25) is 14.4 Å². The predicted octanol–water partition coefficient (Wildman–Crippen LogP) is 0.834. The van der Waals surface area contributed by atoms with Crippen LogP contribution < -0.4 is 16.3 Å². The Morgan fingerprint density at radius 3 is 2.60 bits per heavy atom. The van der Waals surface area contributed by atoms with Crippen molar-refractivity contribution in [2.75, 3.05) is 11.4 Å². The molecule has 0 saturated heterocycles. The first kappa shape index (κ1) is 14.7. The van der Waals surface area contributed by atoms with Crippen molar-refractivity contribution in [1.82, 2.24) is 5.59 Å². The third-order valence-electron chi connectivity index (χ3n) is 2.73. The number of nitrogens with one attached hydrogen (secondary N) is 1. The summed E-state index contributed by atoms with van der Waals surface area (Å²) in [5, 5.41) is 0.338. The predicted molar refractivity (Wildman–Crippen MR) is 71.2 cm³/mol. The lowest BCUT2D eigenvalue weighted by molar-refractivity contribution is -0.150. The van der Waals surface area contributed by atoms with Crippen molar-refractivity contribution < 1.29 is 19.2 Å². The molecule has 7 nitrogen and oxygen atoms in total. The molecule has 9 heteroatoms. The third kappa shape index (κ3) is 2.48. The summed E-state index contributed by atoms with van der Waals surface area (Å²) in [4.78, 5) is 40.4. The molecule has 0 radical (unpaired) electrons. The van der Waals surface area contributed by atoms with Crippen molar-refractivity contribution in [3.63, 3.8) is 0 Å². The number of hydrogen-bond donors (Lipinski definition) is 2. The van der Waals surface area contributed by atoms with Gasteiger partial charge in [0.2, 0.25) is 0 Å². The quantitative estimate of drug-likeness (QED) is 0.484. The Morgan fingerprint density at radius 1 is 1.30 bits per heavy atom. The number of Topliss-reactive ketones (excluding diaryl/α,β-unsaturated/α-hetero) is 1. The molecule has 0 atom stereocenters. The summed E-state index contributed by atoms with van der Waals surface area (Å²) in [5.41, 5.74) is 2.00. The highest BCUT2D eigenvalue weighted by molar-refractivity contribution is 6.57. The second-order valence-corrected chi connectivity index (χ2v) is 4.70. The molecule has 1 aromatic carbocycles. The Kier molecular flexibility index (Phi) is 4.24. The van der Waals surface area contributed by atoms with E-state index in [0.29, 0.717) is 0 Å². The van der Waals surface area contributed by atoms with Gasteiger partial charge in [-0.15, -0.1) is 0 Å². The number of ketones is 1. The van der Waals surface area contributed by atoms with Crippen LogP contribution in [0.15, 0.2) is 12.1 Å². The SMILES string of the molecule is NNOC(=O)CCN1C(=O)C(=O)c2c(Cl)ccc(Cl)c21. The number of benzene rings is 1. The number of hydrazine groups is 1. The van der Waals surface area contributed by atoms with E-state index in [1.54, 1.807) is 5.59 Å². The van der Waals surface area contributed by atoms with Crippen molar-refractivity contribution in [3.8, 4) is 0 Å². The van der Waals surface area contributed by atoms with Crippen molar-refractivity contribution in [2.24, 2.45) is 5.84 Å². The van der Waals surface area contributed by atoms with Gasteiger partial charge in [-0.2, -0.15) is 0 Å².